The molecular formula is C13H21NO. The quantitative estimate of drug-likeness (QED) is 0.753. The summed E-state index contributed by atoms with van der Waals surface area (Å²) in [6, 6.07) is 6.72. The van der Waals surface area contributed by atoms with E-state index in [1.165, 1.54) is 16.7 Å². The Morgan fingerprint density at radius 1 is 1.27 bits per heavy atom. The van der Waals surface area contributed by atoms with Crippen LogP contribution in [0.2, 0.25) is 0 Å². The third-order valence-electron chi connectivity index (χ3n) is 2.77. The van der Waals surface area contributed by atoms with E-state index in [1.54, 1.807) is 0 Å². The Morgan fingerprint density at radius 3 is 2.53 bits per heavy atom. The van der Waals surface area contributed by atoms with Crippen molar-refractivity contribution in [2.75, 3.05) is 6.61 Å². The monoisotopic (exact) mass is 207 g/mol. The first-order valence-electron chi connectivity index (χ1n) is 5.62. The van der Waals surface area contributed by atoms with E-state index in [-0.39, 0.29) is 0 Å². The van der Waals surface area contributed by atoms with Crippen molar-refractivity contribution in [2.45, 2.75) is 39.5 Å². The van der Waals surface area contributed by atoms with E-state index in [9.17, 15) is 0 Å². The zero-order chi connectivity index (χ0) is 11.3. The van der Waals surface area contributed by atoms with Crippen LogP contribution in [0, 0.1) is 0 Å². The second kappa shape index (κ2) is 5.89. The topological polar surface area (TPSA) is 35.2 Å². The molecule has 2 nitrogen and oxygen atoms in total. The van der Waals surface area contributed by atoms with Crippen molar-refractivity contribution in [3.8, 4) is 0 Å². The Bertz CT molecular complexity index is 307. The lowest BCUT2D eigenvalue weighted by atomic mass is 9.95. The van der Waals surface area contributed by atoms with Crippen LogP contribution >= 0.6 is 0 Å². The lowest BCUT2D eigenvalue weighted by Gasteiger charge is -2.12. The molecule has 1 aromatic carbocycles. The predicted octanol–water partition coefficient (Wildman–Crippen LogP) is 2.81. The maximum Gasteiger partial charge on any atom is 0.0719 e. The minimum atomic E-state index is 0.577. The molecule has 0 aliphatic heterocycles. The van der Waals surface area contributed by atoms with E-state index in [0.29, 0.717) is 12.5 Å². The molecular weight excluding hydrogens is 186 g/mol. The number of nitrogens with two attached hydrogens (primary N) is 1. The highest BCUT2D eigenvalue weighted by atomic mass is 16.6. The Labute approximate surface area is 92.4 Å². The summed E-state index contributed by atoms with van der Waals surface area (Å²) in [5.74, 6) is 5.64. The van der Waals surface area contributed by atoms with Gasteiger partial charge in [0, 0.05) is 0 Å². The maximum atomic E-state index is 5.07. The number of rotatable bonds is 5. The van der Waals surface area contributed by atoms with Crippen LogP contribution in [0.4, 0.5) is 0 Å². The molecule has 0 saturated heterocycles. The van der Waals surface area contributed by atoms with Crippen molar-refractivity contribution in [2.24, 2.45) is 5.90 Å². The molecule has 1 aromatic rings. The lowest BCUT2D eigenvalue weighted by molar-refractivity contribution is 0.141. The van der Waals surface area contributed by atoms with E-state index in [0.717, 1.165) is 12.8 Å². The molecule has 0 unspecified atom stereocenters. The molecule has 0 amide bonds. The molecule has 0 radical (unpaired) electrons. The largest absolute Gasteiger partial charge is 0.304 e. The Kier molecular flexibility index (Phi) is 4.79. The van der Waals surface area contributed by atoms with E-state index >= 15 is 0 Å². The summed E-state index contributed by atoms with van der Waals surface area (Å²) in [6.45, 7) is 7.19. The van der Waals surface area contributed by atoms with E-state index < -0.39 is 0 Å². The molecule has 0 fully saturated rings. The minimum Gasteiger partial charge on any atom is -0.304 e. The van der Waals surface area contributed by atoms with Crippen molar-refractivity contribution in [1.82, 2.24) is 0 Å². The molecule has 0 aromatic heterocycles. The second-order valence-electron chi connectivity index (χ2n) is 4.16. The fraction of sp³-hybridized carbons (Fsp3) is 0.538. The SMILES string of the molecule is CCc1ccc(C(C)C)cc1CCON. The number of hydrogen-bond acceptors (Lipinski definition) is 2. The summed E-state index contributed by atoms with van der Waals surface area (Å²) in [5, 5.41) is 0. The summed E-state index contributed by atoms with van der Waals surface area (Å²) >= 11 is 0. The van der Waals surface area contributed by atoms with Gasteiger partial charge in [0.25, 0.3) is 0 Å². The van der Waals surface area contributed by atoms with Crippen LogP contribution in [0.25, 0.3) is 0 Å². The van der Waals surface area contributed by atoms with Gasteiger partial charge in [-0.1, -0.05) is 39.0 Å². The highest BCUT2D eigenvalue weighted by Gasteiger charge is 2.05. The van der Waals surface area contributed by atoms with Gasteiger partial charge in [0.05, 0.1) is 6.61 Å². The zero-order valence-corrected chi connectivity index (χ0v) is 9.92. The van der Waals surface area contributed by atoms with Crippen LogP contribution in [0.1, 0.15) is 43.4 Å². The molecule has 0 heterocycles. The average molecular weight is 207 g/mol. The van der Waals surface area contributed by atoms with E-state index in [4.69, 9.17) is 5.90 Å². The first-order chi connectivity index (χ1) is 7.19. The van der Waals surface area contributed by atoms with Crippen molar-refractivity contribution in [3.05, 3.63) is 34.9 Å². The third kappa shape index (κ3) is 3.33. The third-order valence-corrected chi connectivity index (χ3v) is 2.77. The predicted molar refractivity (Wildman–Crippen MR) is 63.8 cm³/mol. The van der Waals surface area contributed by atoms with Gasteiger partial charge in [0.1, 0.15) is 0 Å². The van der Waals surface area contributed by atoms with Gasteiger partial charge in [-0.25, -0.2) is 5.90 Å². The fourth-order valence-electron chi connectivity index (χ4n) is 1.75. The van der Waals surface area contributed by atoms with Gasteiger partial charge < -0.3 is 4.84 Å². The highest BCUT2D eigenvalue weighted by molar-refractivity contribution is 5.33. The lowest BCUT2D eigenvalue weighted by Crippen LogP contribution is -2.06. The molecule has 0 spiro atoms. The van der Waals surface area contributed by atoms with Crippen LogP contribution in [0.15, 0.2) is 18.2 Å². The van der Waals surface area contributed by atoms with Gasteiger partial charge >= 0.3 is 0 Å². The molecule has 0 atom stereocenters. The Hall–Kier alpha value is -0.860. The van der Waals surface area contributed by atoms with Crippen molar-refractivity contribution in [3.63, 3.8) is 0 Å². The minimum absolute atomic E-state index is 0.577. The fourth-order valence-corrected chi connectivity index (χ4v) is 1.75. The number of aryl methyl sites for hydroxylation is 1. The van der Waals surface area contributed by atoms with Gasteiger partial charge in [-0.15, -0.1) is 0 Å². The Balaban J connectivity index is 2.91. The van der Waals surface area contributed by atoms with Crippen LogP contribution in [0.3, 0.4) is 0 Å². The summed E-state index contributed by atoms with van der Waals surface area (Å²) < 4.78 is 0. The Morgan fingerprint density at radius 2 is 2.00 bits per heavy atom. The standard InChI is InChI=1S/C13H21NO/c1-4-11-5-6-12(10(2)3)9-13(11)7-8-15-14/h5-6,9-10H,4,7-8,14H2,1-3H3. The van der Waals surface area contributed by atoms with Gasteiger partial charge in [0.2, 0.25) is 0 Å². The highest BCUT2D eigenvalue weighted by Crippen LogP contribution is 2.19. The molecule has 0 bridgehead atoms. The zero-order valence-electron chi connectivity index (χ0n) is 9.92. The van der Waals surface area contributed by atoms with Crippen LogP contribution in [-0.2, 0) is 17.7 Å². The smallest absolute Gasteiger partial charge is 0.0719 e. The number of benzene rings is 1. The van der Waals surface area contributed by atoms with Gasteiger partial charge in [-0.2, -0.15) is 0 Å². The molecule has 2 N–H and O–H groups in total. The molecule has 0 aliphatic carbocycles. The average Bonchev–Trinajstić information content (AvgIpc) is 2.25. The van der Waals surface area contributed by atoms with Crippen molar-refractivity contribution < 1.29 is 4.84 Å². The van der Waals surface area contributed by atoms with Crippen LogP contribution in [0.5, 0.6) is 0 Å². The molecule has 2 heteroatoms. The van der Waals surface area contributed by atoms with Gasteiger partial charge in [-0.05, 0) is 35.4 Å². The molecule has 0 aliphatic rings. The first kappa shape index (κ1) is 12.2. The van der Waals surface area contributed by atoms with Crippen LogP contribution in [-0.4, -0.2) is 6.61 Å². The molecule has 15 heavy (non-hydrogen) atoms. The molecule has 84 valence electrons. The summed E-state index contributed by atoms with van der Waals surface area (Å²) in [6.07, 6.45) is 1.97. The van der Waals surface area contributed by atoms with Crippen molar-refractivity contribution in [1.29, 1.82) is 0 Å². The van der Waals surface area contributed by atoms with Gasteiger partial charge in [-0.3, -0.25) is 0 Å². The van der Waals surface area contributed by atoms with Crippen molar-refractivity contribution >= 4 is 0 Å². The van der Waals surface area contributed by atoms with E-state index in [2.05, 4.69) is 43.8 Å². The summed E-state index contributed by atoms with van der Waals surface area (Å²) in [7, 11) is 0. The summed E-state index contributed by atoms with van der Waals surface area (Å²) in [5.41, 5.74) is 4.16. The molecule has 0 saturated carbocycles. The summed E-state index contributed by atoms with van der Waals surface area (Å²) in [4.78, 5) is 4.65. The van der Waals surface area contributed by atoms with Gasteiger partial charge in [0.15, 0.2) is 0 Å². The second-order valence-corrected chi connectivity index (χ2v) is 4.16. The number of hydrogen-bond donors (Lipinski definition) is 1. The molecule has 1 rings (SSSR count). The normalized spacial score (nSPS) is 11.0. The first-order valence-corrected chi connectivity index (χ1v) is 5.62. The maximum absolute atomic E-state index is 5.07. The van der Waals surface area contributed by atoms with E-state index in [1.807, 2.05) is 0 Å². The van der Waals surface area contributed by atoms with Crippen LogP contribution < -0.4 is 5.90 Å².